The summed E-state index contributed by atoms with van der Waals surface area (Å²) in [4.78, 5) is 29.6. The molecule has 14 heteroatoms. The highest BCUT2D eigenvalue weighted by atomic mass is 19.3. The highest BCUT2D eigenvalue weighted by Gasteiger charge is 2.47. The summed E-state index contributed by atoms with van der Waals surface area (Å²) in [6.07, 6.45) is -6.56. The topological polar surface area (TPSA) is 90.9 Å². The van der Waals surface area contributed by atoms with Gasteiger partial charge < -0.3 is 5.73 Å². The number of aromatic nitrogens is 3. The van der Waals surface area contributed by atoms with Crippen molar-refractivity contribution in [3.05, 3.63) is 106 Å². The van der Waals surface area contributed by atoms with Crippen LogP contribution in [0.3, 0.4) is 0 Å². The number of fused-ring (bicyclic) bond motifs is 1. The van der Waals surface area contributed by atoms with Gasteiger partial charge in [0.1, 0.15) is 41.6 Å². The van der Waals surface area contributed by atoms with E-state index in [-0.39, 0.29) is 28.8 Å². The van der Waals surface area contributed by atoms with E-state index in [2.05, 4.69) is 10.1 Å². The van der Waals surface area contributed by atoms with Crippen molar-refractivity contribution in [3.63, 3.8) is 0 Å². The van der Waals surface area contributed by atoms with E-state index in [1.807, 2.05) is 0 Å². The van der Waals surface area contributed by atoms with Gasteiger partial charge >= 0.3 is 0 Å². The van der Waals surface area contributed by atoms with Crippen LogP contribution in [0.4, 0.5) is 35.1 Å². The number of hydrogen-bond donors (Lipinski definition) is 1. The van der Waals surface area contributed by atoms with Gasteiger partial charge in [-0.3, -0.25) is 19.3 Å². The zero-order chi connectivity index (χ0) is 32.6. The van der Waals surface area contributed by atoms with Gasteiger partial charge in [0.05, 0.1) is 11.3 Å². The summed E-state index contributed by atoms with van der Waals surface area (Å²) in [6, 6.07) is 9.19. The Bertz CT molecular complexity index is 1750. The number of amides is 1. The van der Waals surface area contributed by atoms with Crippen molar-refractivity contribution in [1.82, 2.24) is 14.8 Å². The molecule has 0 bridgehead atoms. The molecule has 0 saturated heterocycles. The van der Waals surface area contributed by atoms with Crippen molar-refractivity contribution in [3.8, 4) is 11.1 Å². The van der Waals surface area contributed by atoms with E-state index in [1.165, 1.54) is 24.4 Å². The second kappa shape index (κ2) is 12.4. The number of hydrogen-bond acceptors (Lipinski definition) is 4. The number of nitrogens with two attached hydrogens (primary N) is 1. The van der Waals surface area contributed by atoms with Crippen LogP contribution < -0.4 is 5.73 Å². The number of nitrogens with zero attached hydrogens (tertiary/aromatic N) is 3. The van der Waals surface area contributed by atoms with Crippen LogP contribution in [-0.2, 0) is 23.7 Å². The Morgan fingerprint density at radius 1 is 1.02 bits per heavy atom. The van der Waals surface area contributed by atoms with Crippen molar-refractivity contribution in [2.24, 2.45) is 5.73 Å². The minimum absolute atomic E-state index is 0.0992. The maximum atomic E-state index is 14.9. The lowest BCUT2D eigenvalue weighted by molar-refractivity contribution is -0.120. The van der Waals surface area contributed by atoms with Gasteiger partial charge in [-0.2, -0.15) is 13.9 Å². The van der Waals surface area contributed by atoms with Gasteiger partial charge in [0.25, 0.3) is 18.3 Å². The van der Waals surface area contributed by atoms with Crippen molar-refractivity contribution in [1.29, 1.82) is 0 Å². The first-order valence-corrected chi connectivity index (χ1v) is 13.7. The Labute approximate surface area is 250 Å². The molecule has 0 radical (unpaired) electrons. The summed E-state index contributed by atoms with van der Waals surface area (Å²) >= 11 is 0. The van der Waals surface area contributed by atoms with Crippen molar-refractivity contribution in [2.75, 3.05) is 0 Å². The molecule has 0 saturated carbocycles. The Morgan fingerprint density at radius 2 is 1.73 bits per heavy atom. The Balaban J connectivity index is 1.55. The molecular weight excluding hydrogens is 612 g/mol. The maximum absolute atomic E-state index is 14.9. The van der Waals surface area contributed by atoms with Crippen LogP contribution in [0.2, 0.25) is 0 Å². The Hall–Kier alpha value is -4.62. The molecular formula is C31H24F8N4O2. The lowest BCUT2D eigenvalue weighted by Gasteiger charge is -2.26. The summed E-state index contributed by atoms with van der Waals surface area (Å²) in [5.41, 5.74) is 2.44. The zero-order valence-electron chi connectivity index (χ0n) is 23.2. The van der Waals surface area contributed by atoms with Gasteiger partial charge in [0, 0.05) is 42.1 Å². The molecule has 2 aromatic heterocycles. The van der Waals surface area contributed by atoms with E-state index in [9.17, 15) is 44.7 Å². The zero-order valence-corrected chi connectivity index (χ0v) is 23.2. The molecule has 2 aromatic carbocycles. The predicted molar refractivity (Wildman–Crippen MR) is 145 cm³/mol. The number of rotatable bonds is 10. The molecule has 236 valence electrons. The first-order chi connectivity index (χ1) is 21.2. The third-order valence-electron chi connectivity index (χ3n) is 7.57. The molecule has 2 atom stereocenters. The Kier molecular flexibility index (Phi) is 8.77. The summed E-state index contributed by atoms with van der Waals surface area (Å²) in [6.45, 7) is -0.935. The smallest absolute Gasteiger partial charge is 0.289 e. The molecule has 0 spiro atoms. The second-order valence-corrected chi connectivity index (χ2v) is 10.7. The van der Waals surface area contributed by atoms with Gasteiger partial charge in [-0.1, -0.05) is 12.1 Å². The van der Waals surface area contributed by atoms with Crippen LogP contribution >= 0.6 is 0 Å². The average molecular weight is 637 g/mol. The minimum Gasteiger partial charge on any atom is -0.366 e. The van der Waals surface area contributed by atoms with E-state index < -0.39 is 102 Å². The number of Topliss-reactive ketones (excluding diaryl/α,β-unsaturated/α-hetero) is 1. The van der Waals surface area contributed by atoms with E-state index in [0.29, 0.717) is 10.7 Å². The molecule has 4 aromatic rings. The molecule has 1 unspecified atom stereocenters. The SMILES string of the molecule is NC(=O)c1cc(-c2cccnc2[C@@H](CC(=O)Cn2nc(C(F)F)c3c2C(F)(F)CCC3F)Cc2cc(F)cc(F)c2)ccc1F. The number of benzene rings is 2. The number of alkyl halides is 5. The third-order valence-corrected chi connectivity index (χ3v) is 7.57. The molecule has 1 aliphatic carbocycles. The normalized spacial score (nSPS) is 16.4. The van der Waals surface area contributed by atoms with Crippen molar-refractivity contribution < 1.29 is 44.7 Å². The van der Waals surface area contributed by atoms with Gasteiger partial charge in [0.15, 0.2) is 5.78 Å². The maximum Gasteiger partial charge on any atom is 0.289 e. The molecule has 6 nitrogen and oxygen atoms in total. The molecule has 45 heavy (non-hydrogen) atoms. The van der Waals surface area contributed by atoms with Gasteiger partial charge in [-0.05, 0) is 54.3 Å². The second-order valence-electron chi connectivity index (χ2n) is 10.7. The molecule has 5 rings (SSSR count). The highest BCUT2D eigenvalue weighted by Crippen LogP contribution is 2.48. The molecule has 2 heterocycles. The standard InChI is InChI=1S/C31H24F8N4O2/c32-18-9-15(10-19(33)13-18)8-17(26-21(2-1-7-41-26)16-3-4-23(34)22(12-16)30(40)45)11-20(44)14-43-28-25(27(42-43)29(36)37)24(35)5-6-31(28,38)39/h1-4,7,9-10,12-13,17,24,29H,5-6,8,11,14H2,(H2,40,45)/t17-,24?/m1/s1. The molecule has 1 amide bonds. The monoisotopic (exact) mass is 636 g/mol. The van der Waals surface area contributed by atoms with Crippen LogP contribution in [-0.4, -0.2) is 26.5 Å². The van der Waals surface area contributed by atoms with Crippen LogP contribution in [0.1, 0.15) is 76.3 Å². The number of ketones is 1. The first kappa shape index (κ1) is 31.8. The van der Waals surface area contributed by atoms with E-state index in [1.54, 1.807) is 0 Å². The summed E-state index contributed by atoms with van der Waals surface area (Å²) < 4.78 is 115. The largest absolute Gasteiger partial charge is 0.366 e. The number of primary amides is 1. The van der Waals surface area contributed by atoms with Crippen LogP contribution in [0, 0.1) is 17.5 Å². The van der Waals surface area contributed by atoms with Gasteiger partial charge in [-0.15, -0.1) is 0 Å². The number of halogens is 8. The summed E-state index contributed by atoms with van der Waals surface area (Å²) in [5.74, 6) is -9.32. The van der Waals surface area contributed by atoms with Crippen LogP contribution in [0.15, 0.2) is 54.7 Å². The van der Waals surface area contributed by atoms with Crippen molar-refractivity contribution in [2.45, 2.75) is 56.7 Å². The summed E-state index contributed by atoms with van der Waals surface area (Å²) in [7, 11) is 0. The van der Waals surface area contributed by atoms with Crippen LogP contribution in [0.5, 0.6) is 0 Å². The van der Waals surface area contributed by atoms with Crippen LogP contribution in [0.25, 0.3) is 11.1 Å². The lowest BCUT2D eigenvalue weighted by atomic mass is 9.86. The van der Waals surface area contributed by atoms with E-state index in [4.69, 9.17) is 5.73 Å². The lowest BCUT2D eigenvalue weighted by Crippen LogP contribution is -2.28. The highest BCUT2D eigenvalue weighted by molar-refractivity contribution is 5.94. The fraction of sp³-hybridized carbons (Fsp3) is 0.290. The molecule has 0 fully saturated rings. The Morgan fingerprint density at radius 3 is 2.40 bits per heavy atom. The number of carbonyl (C=O) groups excluding carboxylic acids is 2. The van der Waals surface area contributed by atoms with Gasteiger partial charge in [0.2, 0.25) is 0 Å². The summed E-state index contributed by atoms with van der Waals surface area (Å²) in [5, 5.41) is 3.50. The molecule has 1 aliphatic rings. The number of carbonyl (C=O) groups is 2. The fourth-order valence-electron chi connectivity index (χ4n) is 5.69. The molecule has 2 N–H and O–H groups in total. The number of pyridine rings is 1. The average Bonchev–Trinajstić information content (AvgIpc) is 3.36. The third kappa shape index (κ3) is 6.59. The first-order valence-electron chi connectivity index (χ1n) is 13.7. The van der Waals surface area contributed by atoms with Crippen molar-refractivity contribution >= 4 is 11.7 Å². The quantitative estimate of drug-likeness (QED) is 0.185. The minimum atomic E-state index is -3.73. The fourth-order valence-corrected chi connectivity index (χ4v) is 5.69. The predicted octanol–water partition coefficient (Wildman–Crippen LogP) is 7.28. The van der Waals surface area contributed by atoms with E-state index in [0.717, 1.165) is 24.3 Å². The van der Waals surface area contributed by atoms with Gasteiger partial charge in [-0.25, -0.2) is 26.3 Å². The van der Waals surface area contributed by atoms with E-state index >= 15 is 0 Å². The molecule has 0 aliphatic heterocycles.